The predicted octanol–water partition coefficient (Wildman–Crippen LogP) is 7.55. The van der Waals surface area contributed by atoms with E-state index in [0.29, 0.717) is 54.6 Å². The van der Waals surface area contributed by atoms with E-state index in [1.807, 2.05) is 12.1 Å². The van der Waals surface area contributed by atoms with Crippen molar-refractivity contribution < 1.29 is 8.83 Å². The lowest BCUT2D eigenvalue weighted by Gasteiger charge is -2.01. The van der Waals surface area contributed by atoms with E-state index >= 15 is 0 Å². The van der Waals surface area contributed by atoms with E-state index in [-0.39, 0.29) is 0 Å². The maximum absolute atomic E-state index is 12.4. The summed E-state index contributed by atoms with van der Waals surface area (Å²) in [6, 6.07) is 19.7. The number of hydrogen-bond acceptors (Lipinski definition) is 6. The van der Waals surface area contributed by atoms with E-state index in [9.17, 15) is 10.1 Å². The predicted molar refractivity (Wildman–Crippen MR) is 131 cm³/mol. The summed E-state index contributed by atoms with van der Waals surface area (Å²) in [6.07, 6.45) is 1.59. The van der Waals surface area contributed by atoms with Crippen LogP contribution in [0.25, 0.3) is 45.2 Å². The molecule has 0 saturated heterocycles. The summed E-state index contributed by atoms with van der Waals surface area (Å²) in [5.41, 5.74) is 1.76. The molecule has 5 rings (SSSR count). The molecule has 3 heterocycles. The number of nitrogens with zero attached hydrogens (tertiary/aromatic N) is 2. The number of allylic oxidation sites excluding steroid dienone is 1. The smallest absolute Gasteiger partial charge is 0.345 e. The number of fused-ring (bicyclic) bond motifs is 1. The second-order valence-corrected chi connectivity index (χ2v) is 8.72. The van der Waals surface area contributed by atoms with Crippen LogP contribution in [-0.4, -0.2) is 4.98 Å². The van der Waals surface area contributed by atoms with Gasteiger partial charge in [0.1, 0.15) is 28.2 Å². The molecule has 0 unspecified atom stereocenters. The highest BCUT2D eigenvalue weighted by atomic mass is 35.5. The van der Waals surface area contributed by atoms with Crippen molar-refractivity contribution in [1.29, 1.82) is 5.26 Å². The maximum Gasteiger partial charge on any atom is 0.345 e. The van der Waals surface area contributed by atoms with E-state index < -0.39 is 5.63 Å². The molecule has 5 nitrogen and oxygen atoms in total. The Labute approximate surface area is 201 Å². The molecule has 0 spiro atoms. The summed E-state index contributed by atoms with van der Waals surface area (Å²) < 4.78 is 11.3. The molecule has 0 amide bonds. The topological polar surface area (TPSA) is 80.0 Å². The van der Waals surface area contributed by atoms with Gasteiger partial charge in [0.2, 0.25) is 0 Å². The van der Waals surface area contributed by atoms with Gasteiger partial charge in [-0.1, -0.05) is 41.4 Å². The lowest BCUT2D eigenvalue weighted by molar-refractivity contribution is 0.563. The minimum absolute atomic E-state index is 0.300. The molecule has 0 fully saturated rings. The van der Waals surface area contributed by atoms with Crippen LogP contribution in [0.5, 0.6) is 0 Å². The van der Waals surface area contributed by atoms with E-state index in [0.717, 1.165) is 5.39 Å². The molecule has 0 N–H and O–H groups in total. The molecule has 0 aliphatic heterocycles. The van der Waals surface area contributed by atoms with Gasteiger partial charge in [0.25, 0.3) is 0 Å². The first kappa shape index (κ1) is 21.2. The lowest BCUT2D eigenvalue weighted by atomic mass is 10.1. The molecule has 0 aliphatic carbocycles. The van der Waals surface area contributed by atoms with Crippen molar-refractivity contribution in [2.45, 2.75) is 0 Å². The monoisotopic (exact) mass is 490 g/mol. The molecule has 0 radical (unpaired) electrons. The number of hydrogen-bond donors (Lipinski definition) is 0. The van der Waals surface area contributed by atoms with Gasteiger partial charge in [-0.25, -0.2) is 9.78 Å². The van der Waals surface area contributed by atoms with Crippen LogP contribution < -0.4 is 5.63 Å². The van der Waals surface area contributed by atoms with Gasteiger partial charge < -0.3 is 8.83 Å². The van der Waals surface area contributed by atoms with E-state index in [1.165, 1.54) is 11.3 Å². The molecule has 0 aliphatic rings. The first-order valence-electron chi connectivity index (χ1n) is 9.68. The zero-order valence-corrected chi connectivity index (χ0v) is 19.0. The second kappa shape index (κ2) is 8.72. The van der Waals surface area contributed by atoms with Crippen LogP contribution in [0.4, 0.5) is 0 Å². The van der Waals surface area contributed by atoms with E-state index in [2.05, 4.69) is 11.1 Å². The number of aromatic nitrogens is 1. The summed E-state index contributed by atoms with van der Waals surface area (Å²) in [6.45, 7) is 0. The zero-order chi connectivity index (χ0) is 22.9. The molecule has 2 aromatic carbocycles. The lowest BCUT2D eigenvalue weighted by Crippen LogP contribution is -2.02. The number of halogens is 2. The van der Waals surface area contributed by atoms with Crippen LogP contribution in [0.3, 0.4) is 0 Å². The van der Waals surface area contributed by atoms with Crippen molar-refractivity contribution in [3.63, 3.8) is 0 Å². The number of nitriles is 1. The van der Waals surface area contributed by atoms with Gasteiger partial charge in [-0.05, 0) is 42.5 Å². The fraction of sp³-hybridized carbons (Fsp3) is 0. The van der Waals surface area contributed by atoms with Crippen LogP contribution >= 0.6 is 34.5 Å². The van der Waals surface area contributed by atoms with Crippen molar-refractivity contribution >= 4 is 57.2 Å². The van der Waals surface area contributed by atoms with Gasteiger partial charge in [0.15, 0.2) is 0 Å². The fourth-order valence-corrected chi connectivity index (χ4v) is 4.48. The summed E-state index contributed by atoms with van der Waals surface area (Å²) in [5.74, 6) is 0.985. The molecule has 0 atom stereocenters. The van der Waals surface area contributed by atoms with Gasteiger partial charge in [0, 0.05) is 27.4 Å². The Kier molecular flexibility index (Phi) is 5.61. The first-order valence-corrected chi connectivity index (χ1v) is 11.3. The summed E-state index contributed by atoms with van der Waals surface area (Å²) in [5, 5.41) is 13.7. The Morgan fingerprint density at radius 2 is 1.88 bits per heavy atom. The van der Waals surface area contributed by atoms with Crippen molar-refractivity contribution in [2.75, 3.05) is 0 Å². The van der Waals surface area contributed by atoms with E-state index in [1.54, 1.807) is 60.0 Å². The number of para-hydroxylation sites is 1. The Morgan fingerprint density at radius 1 is 1.03 bits per heavy atom. The maximum atomic E-state index is 12.4. The molecular weight excluding hydrogens is 479 g/mol. The van der Waals surface area contributed by atoms with Gasteiger partial charge >= 0.3 is 5.63 Å². The molecule has 5 aromatic rings. The van der Waals surface area contributed by atoms with Crippen LogP contribution in [0, 0.1) is 11.3 Å². The molecule has 3 aromatic heterocycles. The number of thiazole rings is 1. The third-order valence-electron chi connectivity index (χ3n) is 4.88. The highest BCUT2D eigenvalue weighted by Crippen LogP contribution is 2.33. The van der Waals surface area contributed by atoms with E-state index in [4.69, 9.17) is 32.0 Å². The van der Waals surface area contributed by atoms with Crippen LogP contribution in [-0.2, 0) is 0 Å². The third kappa shape index (κ3) is 4.22. The highest BCUT2D eigenvalue weighted by molar-refractivity contribution is 7.11. The number of benzene rings is 2. The van der Waals surface area contributed by atoms with Gasteiger partial charge in [-0.2, -0.15) is 5.26 Å². The van der Waals surface area contributed by atoms with Crippen molar-refractivity contribution in [2.24, 2.45) is 0 Å². The summed E-state index contributed by atoms with van der Waals surface area (Å²) in [4.78, 5) is 16.9. The van der Waals surface area contributed by atoms with Crippen molar-refractivity contribution in [3.05, 3.63) is 97.3 Å². The van der Waals surface area contributed by atoms with Gasteiger partial charge in [-0.3, -0.25) is 0 Å². The third-order valence-corrected chi connectivity index (χ3v) is 6.32. The molecular formula is C25H12Cl2N2O3S. The minimum atomic E-state index is -0.484. The number of furan rings is 1. The SMILES string of the molecule is N#CC(=Cc1ccc(-c2cc(Cl)ccc2Cl)o1)c1nc(-c2cc3ccccc3oc2=O)cs1. The Bertz CT molecular complexity index is 1640. The van der Waals surface area contributed by atoms with Gasteiger partial charge in [-0.15, -0.1) is 11.3 Å². The number of rotatable bonds is 4. The quantitative estimate of drug-likeness (QED) is 0.192. The van der Waals surface area contributed by atoms with Crippen LogP contribution in [0.2, 0.25) is 10.0 Å². The average molecular weight is 491 g/mol. The molecule has 0 bridgehead atoms. The second-order valence-electron chi connectivity index (χ2n) is 7.02. The van der Waals surface area contributed by atoms with Crippen molar-refractivity contribution in [3.8, 4) is 28.7 Å². The zero-order valence-electron chi connectivity index (χ0n) is 16.7. The Hall–Kier alpha value is -3.63. The molecule has 160 valence electrons. The average Bonchev–Trinajstić information content (AvgIpc) is 3.48. The largest absolute Gasteiger partial charge is 0.457 e. The molecule has 8 heteroatoms. The first-order chi connectivity index (χ1) is 16.0. The summed E-state index contributed by atoms with van der Waals surface area (Å²) in [7, 11) is 0. The standard InChI is InChI=1S/C25H12Cl2N2O3S/c26-16-5-7-20(27)18(11-16)23-8-6-17(31-23)9-15(12-28)24-29-21(13-33-24)19-10-14-3-1-2-4-22(14)32-25(19)30/h1-11,13H. The van der Waals surface area contributed by atoms with Crippen LogP contribution in [0.15, 0.2) is 79.7 Å². The Morgan fingerprint density at radius 3 is 2.73 bits per heavy atom. The normalized spacial score (nSPS) is 11.6. The fourth-order valence-electron chi connectivity index (χ4n) is 3.31. The minimum Gasteiger partial charge on any atom is -0.457 e. The summed E-state index contributed by atoms with van der Waals surface area (Å²) >= 11 is 13.6. The van der Waals surface area contributed by atoms with Gasteiger partial charge in [0.05, 0.1) is 21.9 Å². The molecule has 0 saturated carbocycles. The Balaban J connectivity index is 1.49. The highest BCUT2D eigenvalue weighted by Gasteiger charge is 2.15. The van der Waals surface area contributed by atoms with Crippen LogP contribution in [0.1, 0.15) is 10.8 Å². The molecule has 33 heavy (non-hydrogen) atoms. The van der Waals surface area contributed by atoms with Crippen molar-refractivity contribution in [1.82, 2.24) is 4.98 Å².